The average Bonchev–Trinajstić information content (AvgIpc) is 2.43. The lowest BCUT2D eigenvalue weighted by Gasteiger charge is -2.53. The summed E-state index contributed by atoms with van der Waals surface area (Å²) in [5, 5.41) is 0. The smallest absolute Gasteiger partial charge is 0.00365 e. The van der Waals surface area contributed by atoms with Gasteiger partial charge in [-0.2, -0.15) is 11.8 Å². The fourth-order valence-electron chi connectivity index (χ4n) is 4.13. The zero-order chi connectivity index (χ0) is 13.1. The third-order valence-electron chi connectivity index (χ3n) is 5.32. The van der Waals surface area contributed by atoms with Gasteiger partial charge in [-0.15, -0.1) is 0 Å². The molecular weight excluding hydrogens is 224 g/mol. The molecular formula is C16H32S. The predicted octanol–water partition coefficient (Wildman–Crippen LogP) is 5.62. The molecule has 0 N–H and O–H groups in total. The molecule has 1 heteroatoms. The van der Waals surface area contributed by atoms with Gasteiger partial charge in [0.25, 0.3) is 0 Å². The summed E-state index contributed by atoms with van der Waals surface area (Å²) in [4.78, 5) is 0. The fourth-order valence-corrected chi connectivity index (χ4v) is 5.43. The second-order valence-electron chi connectivity index (χ2n) is 6.67. The number of rotatable bonds is 0. The number of thioether (sulfide) groups is 1. The maximum atomic E-state index is 2.58. The Morgan fingerprint density at radius 2 is 1.71 bits per heavy atom. The summed E-state index contributed by atoms with van der Waals surface area (Å²) < 4.78 is 0. The first-order chi connectivity index (χ1) is 7.97. The van der Waals surface area contributed by atoms with Crippen molar-refractivity contribution in [3.8, 4) is 0 Å². The molecule has 3 atom stereocenters. The van der Waals surface area contributed by atoms with Crippen molar-refractivity contribution >= 4 is 11.8 Å². The molecule has 0 aromatic heterocycles. The van der Waals surface area contributed by atoms with Gasteiger partial charge in [-0.25, -0.2) is 0 Å². The van der Waals surface area contributed by atoms with Gasteiger partial charge in [0.2, 0.25) is 0 Å². The van der Waals surface area contributed by atoms with E-state index in [0.29, 0.717) is 10.8 Å². The normalized spacial score (nSPS) is 40.6. The van der Waals surface area contributed by atoms with Crippen LogP contribution in [0.15, 0.2) is 0 Å². The van der Waals surface area contributed by atoms with Crippen LogP contribution in [0.1, 0.15) is 67.2 Å². The van der Waals surface area contributed by atoms with Crippen molar-refractivity contribution in [2.24, 2.45) is 22.7 Å². The van der Waals surface area contributed by atoms with Crippen LogP contribution in [0.3, 0.4) is 0 Å². The lowest BCUT2D eigenvalue weighted by molar-refractivity contribution is -0.0291. The van der Waals surface area contributed by atoms with Gasteiger partial charge < -0.3 is 0 Å². The maximum Gasteiger partial charge on any atom is -0.00365 e. The Kier molecular flexibility index (Phi) is 5.43. The van der Waals surface area contributed by atoms with Crippen LogP contribution >= 0.6 is 11.8 Å². The van der Waals surface area contributed by atoms with Gasteiger partial charge in [0.15, 0.2) is 0 Å². The molecule has 0 spiro atoms. The van der Waals surface area contributed by atoms with E-state index in [1.54, 1.807) is 0 Å². The van der Waals surface area contributed by atoms with Gasteiger partial charge in [-0.05, 0) is 53.4 Å². The fraction of sp³-hybridized carbons (Fsp3) is 1.00. The number of fused-ring (bicyclic) bond motifs is 1. The van der Waals surface area contributed by atoms with E-state index in [-0.39, 0.29) is 0 Å². The number of hydrogen-bond acceptors (Lipinski definition) is 1. The molecule has 0 amide bonds. The van der Waals surface area contributed by atoms with Crippen molar-refractivity contribution in [1.82, 2.24) is 0 Å². The maximum absolute atomic E-state index is 2.58. The third kappa shape index (κ3) is 3.03. The van der Waals surface area contributed by atoms with Gasteiger partial charge in [0.05, 0.1) is 0 Å². The minimum Gasteiger partial charge on any atom is -0.162 e. The van der Waals surface area contributed by atoms with Crippen LogP contribution in [0, 0.1) is 22.7 Å². The highest BCUT2D eigenvalue weighted by atomic mass is 32.2. The highest BCUT2D eigenvalue weighted by Gasteiger charge is 2.49. The van der Waals surface area contributed by atoms with Crippen LogP contribution in [0.25, 0.3) is 0 Å². The summed E-state index contributed by atoms with van der Waals surface area (Å²) in [6, 6.07) is 0. The topological polar surface area (TPSA) is 0 Å². The summed E-state index contributed by atoms with van der Waals surface area (Å²) >= 11 is 2.19. The van der Waals surface area contributed by atoms with E-state index < -0.39 is 0 Å². The molecule has 0 aromatic carbocycles. The van der Waals surface area contributed by atoms with E-state index in [1.165, 1.54) is 37.2 Å². The van der Waals surface area contributed by atoms with Crippen molar-refractivity contribution in [2.45, 2.75) is 67.2 Å². The van der Waals surface area contributed by atoms with Gasteiger partial charge >= 0.3 is 0 Å². The molecule has 0 radical (unpaired) electrons. The second-order valence-corrected chi connectivity index (χ2v) is 7.82. The van der Waals surface area contributed by atoms with Crippen molar-refractivity contribution in [3.63, 3.8) is 0 Å². The first-order valence-electron chi connectivity index (χ1n) is 7.54. The zero-order valence-electron chi connectivity index (χ0n) is 12.8. The average molecular weight is 256 g/mol. The molecule has 17 heavy (non-hydrogen) atoms. The summed E-state index contributed by atoms with van der Waals surface area (Å²) in [7, 11) is 0. The summed E-state index contributed by atoms with van der Waals surface area (Å²) in [5.74, 6) is 4.66. The van der Waals surface area contributed by atoms with Crippen molar-refractivity contribution < 1.29 is 0 Å². The van der Waals surface area contributed by atoms with Crippen LogP contribution in [0.5, 0.6) is 0 Å². The van der Waals surface area contributed by atoms with Gasteiger partial charge in [-0.3, -0.25) is 0 Å². The molecule has 2 rings (SSSR count). The first kappa shape index (κ1) is 15.4. The first-order valence-corrected chi connectivity index (χ1v) is 8.70. The molecule has 1 saturated heterocycles. The van der Waals surface area contributed by atoms with Crippen LogP contribution in [-0.2, 0) is 0 Å². The minimum atomic E-state index is 0.589. The molecule has 1 heterocycles. The quantitative estimate of drug-likeness (QED) is 0.542. The minimum absolute atomic E-state index is 0.589. The summed E-state index contributed by atoms with van der Waals surface area (Å²) in [5.41, 5.74) is 1.22. The Morgan fingerprint density at radius 1 is 1.06 bits per heavy atom. The molecule has 2 aliphatic rings. The molecule has 3 unspecified atom stereocenters. The van der Waals surface area contributed by atoms with E-state index >= 15 is 0 Å². The predicted molar refractivity (Wildman–Crippen MR) is 81.7 cm³/mol. The molecule has 2 fully saturated rings. The molecule has 0 aromatic rings. The standard InChI is InChI=1S/C14H26S.C2H6/c1-11-10-15-9-6-12-13(2,3)7-5-8-14(11,12)4;1-2/h11-12H,5-10H2,1-4H3;1-2H3. The van der Waals surface area contributed by atoms with Crippen molar-refractivity contribution in [1.29, 1.82) is 0 Å². The SMILES string of the molecule is CC.CC1CSCCC2C(C)(C)CCCC12C. The molecule has 0 bridgehead atoms. The monoisotopic (exact) mass is 256 g/mol. The Balaban J connectivity index is 0.000000686. The Labute approximate surface area is 113 Å². The Hall–Kier alpha value is 0.350. The highest BCUT2D eigenvalue weighted by Crippen LogP contribution is 2.57. The van der Waals surface area contributed by atoms with Gasteiger partial charge in [0, 0.05) is 0 Å². The van der Waals surface area contributed by atoms with E-state index in [9.17, 15) is 0 Å². The summed E-state index contributed by atoms with van der Waals surface area (Å²) in [6.45, 7) is 14.1. The van der Waals surface area contributed by atoms with E-state index in [4.69, 9.17) is 0 Å². The van der Waals surface area contributed by atoms with E-state index in [2.05, 4.69) is 39.5 Å². The largest absolute Gasteiger partial charge is 0.162 e. The molecule has 0 nitrogen and oxygen atoms in total. The van der Waals surface area contributed by atoms with Crippen LogP contribution in [-0.4, -0.2) is 11.5 Å². The van der Waals surface area contributed by atoms with E-state index in [0.717, 1.165) is 11.8 Å². The number of hydrogen-bond donors (Lipinski definition) is 0. The molecule has 1 aliphatic heterocycles. The van der Waals surface area contributed by atoms with Crippen LogP contribution < -0.4 is 0 Å². The summed E-state index contributed by atoms with van der Waals surface area (Å²) in [6.07, 6.45) is 5.83. The van der Waals surface area contributed by atoms with Crippen LogP contribution in [0.4, 0.5) is 0 Å². The Morgan fingerprint density at radius 3 is 2.35 bits per heavy atom. The van der Waals surface area contributed by atoms with Crippen molar-refractivity contribution in [3.05, 3.63) is 0 Å². The lowest BCUT2D eigenvalue weighted by Crippen LogP contribution is -2.45. The second kappa shape index (κ2) is 5.99. The Bertz CT molecular complexity index is 234. The van der Waals surface area contributed by atoms with Gasteiger partial charge in [0.1, 0.15) is 0 Å². The van der Waals surface area contributed by atoms with Gasteiger partial charge in [-0.1, -0.05) is 48.0 Å². The van der Waals surface area contributed by atoms with Crippen LogP contribution in [0.2, 0.25) is 0 Å². The van der Waals surface area contributed by atoms with Crippen molar-refractivity contribution in [2.75, 3.05) is 11.5 Å². The molecule has 1 aliphatic carbocycles. The van der Waals surface area contributed by atoms with E-state index in [1.807, 2.05) is 13.8 Å². The molecule has 1 saturated carbocycles. The lowest BCUT2D eigenvalue weighted by atomic mass is 9.52. The zero-order valence-corrected chi connectivity index (χ0v) is 13.6. The third-order valence-corrected chi connectivity index (χ3v) is 6.58. The highest BCUT2D eigenvalue weighted by molar-refractivity contribution is 7.99. The molecule has 102 valence electrons.